The van der Waals surface area contributed by atoms with Gasteiger partial charge in [0.15, 0.2) is 0 Å². The molecule has 0 bridgehead atoms. The zero-order valence-electron chi connectivity index (χ0n) is 20.1. The topological polar surface area (TPSA) is 125 Å². The van der Waals surface area contributed by atoms with E-state index in [0.717, 1.165) is 24.2 Å². The molecule has 0 aliphatic carbocycles. The van der Waals surface area contributed by atoms with E-state index in [4.69, 9.17) is 9.47 Å². The lowest BCUT2D eigenvalue weighted by Gasteiger charge is -2.31. The van der Waals surface area contributed by atoms with E-state index < -0.39 is 6.10 Å². The van der Waals surface area contributed by atoms with E-state index >= 15 is 0 Å². The Bertz CT molecular complexity index is 1040. The maximum absolute atomic E-state index is 12.7. The number of benzene rings is 1. The minimum atomic E-state index is -0.728. The molecule has 10 nitrogen and oxygen atoms in total. The summed E-state index contributed by atoms with van der Waals surface area (Å²) in [6.45, 7) is 1.99. The Hall–Kier alpha value is -3.37. The van der Waals surface area contributed by atoms with Crippen LogP contribution in [0.5, 0.6) is 5.75 Å². The maximum Gasteiger partial charge on any atom is 0.409 e. The number of aliphatic hydroxyl groups excluding tert-OH is 1. The smallest absolute Gasteiger partial charge is 0.409 e. The van der Waals surface area contributed by atoms with Gasteiger partial charge in [-0.05, 0) is 54.7 Å². The highest BCUT2D eigenvalue weighted by Crippen LogP contribution is 2.23. The number of hydrogen-bond donors (Lipinski definition) is 4. The average Bonchev–Trinajstić information content (AvgIpc) is 2.91. The summed E-state index contributed by atoms with van der Waals surface area (Å²) < 4.78 is 10.0. The van der Waals surface area contributed by atoms with Crippen LogP contribution in [0.15, 0.2) is 36.5 Å². The monoisotopic (exact) mass is 483 g/mol. The first-order valence-corrected chi connectivity index (χ1v) is 11.9. The molecule has 4 N–H and O–H groups in total. The summed E-state index contributed by atoms with van der Waals surface area (Å²) in [5.41, 5.74) is 2.79. The molecule has 2 aliphatic rings. The van der Waals surface area contributed by atoms with Gasteiger partial charge in [0.05, 0.1) is 20.3 Å². The summed E-state index contributed by atoms with van der Waals surface area (Å²) >= 11 is 0. The minimum absolute atomic E-state index is 0.138. The second-order valence-electron chi connectivity index (χ2n) is 8.91. The quantitative estimate of drug-likeness (QED) is 0.467. The Labute approximate surface area is 205 Å². The molecule has 188 valence electrons. The third kappa shape index (κ3) is 6.20. The predicted molar refractivity (Wildman–Crippen MR) is 131 cm³/mol. The first-order valence-electron chi connectivity index (χ1n) is 11.9. The van der Waals surface area contributed by atoms with Gasteiger partial charge in [-0.1, -0.05) is 6.07 Å². The van der Waals surface area contributed by atoms with Crippen molar-refractivity contribution >= 4 is 17.8 Å². The number of aliphatic hydroxyl groups is 1. The van der Waals surface area contributed by atoms with Crippen molar-refractivity contribution in [3.05, 3.63) is 53.2 Å². The Morgan fingerprint density at radius 2 is 2.00 bits per heavy atom. The Balaban J connectivity index is 1.26. The molecule has 1 aromatic carbocycles. The molecule has 1 aromatic heterocycles. The standard InChI is InChI=1S/C25H33N5O5/c1-34-20-4-3-16-12-21(27-14-18(16)11-20)22(31)15-28-24(32)17-5-8-26-23(13-17)29-19-6-9-30(10-7-19)25(33)35-2/h3-5,8,11,13,19,21-22,27,31H,6-7,9-10,12,14-15H2,1-2H3,(H,26,29)(H,28,32)/t21-,22+/m0/s1. The van der Waals surface area contributed by atoms with E-state index in [2.05, 4.69) is 20.9 Å². The number of ether oxygens (including phenoxy) is 2. The third-order valence-corrected chi connectivity index (χ3v) is 6.65. The molecular weight excluding hydrogens is 450 g/mol. The van der Waals surface area contributed by atoms with E-state index in [1.165, 1.54) is 12.7 Å². The normalized spacial score (nSPS) is 18.8. The van der Waals surface area contributed by atoms with Gasteiger partial charge in [-0.2, -0.15) is 0 Å². The largest absolute Gasteiger partial charge is 0.497 e. The van der Waals surface area contributed by atoms with E-state index in [0.29, 0.717) is 37.4 Å². The summed E-state index contributed by atoms with van der Waals surface area (Å²) in [5, 5.41) is 20.2. The highest BCUT2D eigenvalue weighted by Gasteiger charge is 2.26. The van der Waals surface area contributed by atoms with Crippen molar-refractivity contribution < 1.29 is 24.2 Å². The number of carbonyl (C=O) groups is 2. The molecule has 2 aromatic rings. The molecule has 2 aliphatic heterocycles. The van der Waals surface area contributed by atoms with Crippen molar-refractivity contribution in [2.45, 2.75) is 44.0 Å². The van der Waals surface area contributed by atoms with Gasteiger partial charge in [0.1, 0.15) is 11.6 Å². The van der Waals surface area contributed by atoms with Crippen LogP contribution >= 0.6 is 0 Å². The zero-order chi connectivity index (χ0) is 24.8. The van der Waals surface area contributed by atoms with Crippen LogP contribution in [0.3, 0.4) is 0 Å². The van der Waals surface area contributed by atoms with Crippen molar-refractivity contribution in [1.29, 1.82) is 0 Å². The van der Waals surface area contributed by atoms with Crippen LogP contribution in [0.25, 0.3) is 0 Å². The number of aromatic nitrogens is 1. The predicted octanol–water partition coefficient (Wildman–Crippen LogP) is 1.54. The van der Waals surface area contributed by atoms with Crippen molar-refractivity contribution in [3.63, 3.8) is 0 Å². The number of hydrogen-bond acceptors (Lipinski definition) is 8. The fourth-order valence-corrected chi connectivity index (χ4v) is 4.55. The number of anilines is 1. The van der Waals surface area contributed by atoms with Crippen molar-refractivity contribution in [2.75, 3.05) is 39.2 Å². The Morgan fingerprint density at radius 3 is 2.74 bits per heavy atom. The number of rotatable bonds is 7. The third-order valence-electron chi connectivity index (χ3n) is 6.65. The molecule has 10 heteroatoms. The molecule has 2 amide bonds. The van der Waals surface area contributed by atoms with E-state index in [1.54, 1.807) is 30.3 Å². The van der Waals surface area contributed by atoms with E-state index in [-0.39, 0.29) is 30.6 Å². The fourth-order valence-electron chi connectivity index (χ4n) is 4.55. The number of pyridine rings is 1. The summed E-state index contributed by atoms with van der Waals surface area (Å²) in [6, 6.07) is 9.31. The van der Waals surface area contributed by atoms with Crippen molar-refractivity contribution in [1.82, 2.24) is 20.5 Å². The molecule has 1 saturated heterocycles. The molecule has 0 saturated carbocycles. The van der Waals surface area contributed by atoms with E-state index in [1.807, 2.05) is 18.2 Å². The second-order valence-corrected chi connectivity index (χ2v) is 8.91. The zero-order valence-corrected chi connectivity index (χ0v) is 20.1. The second kappa shape index (κ2) is 11.4. The molecule has 0 unspecified atom stereocenters. The highest BCUT2D eigenvalue weighted by atomic mass is 16.5. The number of carbonyl (C=O) groups excluding carboxylic acids is 2. The molecule has 0 radical (unpaired) electrons. The molecule has 35 heavy (non-hydrogen) atoms. The average molecular weight is 484 g/mol. The van der Waals surface area contributed by atoms with Crippen LogP contribution in [0, 0.1) is 0 Å². The molecular formula is C25H33N5O5. The van der Waals surface area contributed by atoms with Crippen LogP contribution in [0.4, 0.5) is 10.6 Å². The number of fused-ring (bicyclic) bond motifs is 1. The lowest BCUT2D eigenvalue weighted by molar-refractivity contribution is 0.0869. The lowest BCUT2D eigenvalue weighted by atomic mass is 9.92. The summed E-state index contributed by atoms with van der Waals surface area (Å²) in [4.78, 5) is 30.4. The minimum Gasteiger partial charge on any atom is -0.497 e. The molecule has 4 rings (SSSR count). The summed E-state index contributed by atoms with van der Waals surface area (Å²) in [6.07, 6.45) is 2.76. The van der Waals surface area contributed by atoms with Crippen LogP contribution < -0.4 is 20.7 Å². The van der Waals surface area contributed by atoms with Crippen LogP contribution in [-0.2, 0) is 17.7 Å². The van der Waals surface area contributed by atoms with Gasteiger partial charge in [-0.3, -0.25) is 4.79 Å². The molecule has 0 spiro atoms. The number of methoxy groups -OCH3 is 2. The van der Waals surface area contributed by atoms with Crippen LogP contribution in [-0.4, -0.2) is 79.0 Å². The lowest BCUT2D eigenvalue weighted by Crippen LogP contribution is -2.49. The van der Waals surface area contributed by atoms with E-state index in [9.17, 15) is 14.7 Å². The Kier molecular flexibility index (Phi) is 8.04. The van der Waals surface area contributed by atoms with Crippen molar-refractivity contribution in [3.8, 4) is 5.75 Å². The number of likely N-dealkylation sites (tertiary alicyclic amines) is 1. The fraction of sp³-hybridized carbons (Fsp3) is 0.480. The van der Waals surface area contributed by atoms with Gasteiger partial charge in [-0.25, -0.2) is 9.78 Å². The number of piperidine rings is 1. The van der Waals surface area contributed by atoms with Gasteiger partial charge >= 0.3 is 6.09 Å². The van der Waals surface area contributed by atoms with Gasteiger partial charge in [0, 0.05) is 50.0 Å². The van der Waals surface area contributed by atoms with Crippen LogP contribution in [0.1, 0.15) is 34.3 Å². The Morgan fingerprint density at radius 1 is 1.20 bits per heavy atom. The van der Waals surface area contributed by atoms with Gasteiger partial charge < -0.3 is 35.4 Å². The number of nitrogens with zero attached hydrogens (tertiary/aromatic N) is 2. The molecule has 1 fully saturated rings. The summed E-state index contributed by atoms with van der Waals surface area (Å²) in [7, 11) is 3.03. The molecule has 3 heterocycles. The first kappa shape index (κ1) is 24.7. The van der Waals surface area contributed by atoms with Crippen molar-refractivity contribution in [2.24, 2.45) is 0 Å². The highest BCUT2D eigenvalue weighted by molar-refractivity contribution is 5.94. The van der Waals surface area contributed by atoms with Crippen LogP contribution in [0.2, 0.25) is 0 Å². The number of amides is 2. The summed E-state index contributed by atoms with van der Waals surface area (Å²) in [5.74, 6) is 1.15. The van der Waals surface area contributed by atoms with Gasteiger partial charge in [-0.15, -0.1) is 0 Å². The number of nitrogens with one attached hydrogen (secondary N) is 3. The SMILES string of the molecule is COC(=O)N1CCC(Nc2cc(C(=O)NC[C@@H](O)[C@@H]3Cc4ccc(OC)cc4CN3)ccn2)CC1. The van der Waals surface area contributed by atoms with Gasteiger partial charge in [0.2, 0.25) is 0 Å². The molecule has 2 atom stereocenters. The first-order chi connectivity index (χ1) is 17.0. The van der Waals surface area contributed by atoms with Gasteiger partial charge in [0.25, 0.3) is 5.91 Å². The maximum atomic E-state index is 12.7.